The van der Waals surface area contributed by atoms with Gasteiger partial charge in [0.05, 0.1) is 5.56 Å². The topological polar surface area (TPSA) is 56.2 Å². The van der Waals surface area contributed by atoms with Gasteiger partial charge in [-0.15, -0.1) is 10.2 Å². The number of rotatable bonds is 1. The Bertz CT molecular complexity index is 777. The van der Waals surface area contributed by atoms with Gasteiger partial charge in [0.1, 0.15) is 5.82 Å². The Morgan fingerprint density at radius 1 is 0.950 bits per heavy atom. The van der Waals surface area contributed by atoms with Crippen molar-refractivity contribution in [2.24, 2.45) is 0 Å². The number of nitrogen functional groups attached to an aromatic ring is 1. The molecule has 2 heterocycles. The second-order valence-corrected chi connectivity index (χ2v) is 4.21. The van der Waals surface area contributed by atoms with Crippen molar-refractivity contribution in [2.75, 3.05) is 5.73 Å². The van der Waals surface area contributed by atoms with Crippen molar-refractivity contribution in [1.82, 2.24) is 14.6 Å². The molecule has 3 aromatic rings. The van der Waals surface area contributed by atoms with Crippen LogP contribution in [0.15, 0.2) is 42.5 Å². The number of alkyl halides is 3. The van der Waals surface area contributed by atoms with E-state index in [-0.39, 0.29) is 17.2 Å². The van der Waals surface area contributed by atoms with Crippen LogP contribution in [0.2, 0.25) is 0 Å². The van der Waals surface area contributed by atoms with Crippen LogP contribution in [0.3, 0.4) is 0 Å². The van der Waals surface area contributed by atoms with Gasteiger partial charge in [-0.25, -0.2) is 0 Å². The van der Waals surface area contributed by atoms with Gasteiger partial charge < -0.3 is 5.73 Å². The fraction of sp³-hybridized carbons (Fsp3) is 0.0769. The molecular formula is C13H9F3N4. The first-order valence-corrected chi connectivity index (χ1v) is 5.75. The standard InChI is InChI=1S/C13H9F3N4/c14-13(15,16)9-5-2-1-4-8(9)12-19-18-11-7-3-6-10(17)20(11)12/h1-7H,17H2. The first kappa shape index (κ1) is 12.5. The van der Waals surface area contributed by atoms with E-state index in [9.17, 15) is 13.2 Å². The second-order valence-electron chi connectivity index (χ2n) is 4.21. The van der Waals surface area contributed by atoms with Gasteiger partial charge in [-0.1, -0.05) is 24.3 Å². The first-order chi connectivity index (χ1) is 9.48. The van der Waals surface area contributed by atoms with Crippen molar-refractivity contribution in [3.8, 4) is 11.4 Å². The maximum atomic E-state index is 13.1. The summed E-state index contributed by atoms with van der Waals surface area (Å²) in [6.07, 6.45) is -4.47. The third-order valence-electron chi connectivity index (χ3n) is 2.93. The van der Waals surface area contributed by atoms with Gasteiger partial charge in [-0.05, 0) is 18.2 Å². The molecule has 4 nitrogen and oxygen atoms in total. The molecule has 0 saturated heterocycles. The Morgan fingerprint density at radius 2 is 1.70 bits per heavy atom. The van der Waals surface area contributed by atoms with Gasteiger partial charge in [0.15, 0.2) is 11.5 Å². The molecular weight excluding hydrogens is 269 g/mol. The number of benzene rings is 1. The number of aromatic nitrogens is 3. The fourth-order valence-electron chi connectivity index (χ4n) is 2.07. The van der Waals surface area contributed by atoms with Crippen molar-refractivity contribution in [3.63, 3.8) is 0 Å². The zero-order valence-electron chi connectivity index (χ0n) is 10.1. The highest BCUT2D eigenvalue weighted by Gasteiger charge is 2.34. The SMILES string of the molecule is Nc1cccc2nnc(-c3ccccc3C(F)(F)F)n12. The van der Waals surface area contributed by atoms with Gasteiger partial charge in [0.2, 0.25) is 0 Å². The predicted octanol–water partition coefficient (Wildman–Crippen LogP) is 3.00. The van der Waals surface area contributed by atoms with Gasteiger partial charge >= 0.3 is 6.18 Å². The van der Waals surface area contributed by atoms with Gasteiger partial charge in [-0.3, -0.25) is 4.40 Å². The monoisotopic (exact) mass is 278 g/mol. The van der Waals surface area contributed by atoms with Crippen LogP contribution in [0.1, 0.15) is 5.56 Å². The lowest BCUT2D eigenvalue weighted by Gasteiger charge is -2.11. The summed E-state index contributed by atoms with van der Waals surface area (Å²) in [5.74, 6) is 0.352. The maximum absolute atomic E-state index is 13.1. The molecule has 2 aromatic heterocycles. The minimum atomic E-state index is -4.47. The van der Waals surface area contributed by atoms with Crippen molar-refractivity contribution in [3.05, 3.63) is 48.0 Å². The van der Waals surface area contributed by atoms with Crippen LogP contribution in [-0.4, -0.2) is 14.6 Å². The molecule has 7 heteroatoms. The van der Waals surface area contributed by atoms with E-state index in [2.05, 4.69) is 10.2 Å². The fourth-order valence-corrected chi connectivity index (χ4v) is 2.07. The largest absolute Gasteiger partial charge is 0.417 e. The van der Waals surface area contributed by atoms with Crippen molar-refractivity contribution in [1.29, 1.82) is 0 Å². The smallest absolute Gasteiger partial charge is 0.385 e. The number of fused-ring (bicyclic) bond motifs is 1. The number of nitrogens with two attached hydrogens (primary N) is 1. The third kappa shape index (κ3) is 1.87. The van der Waals surface area contributed by atoms with Gasteiger partial charge in [0.25, 0.3) is 0 Å². The highest BCUT2D eigenvalue weighted by Crippen LogP contribution is 2.36. The molecule has 0 radical (unpaired) electrons. The van der Waals surface area contributed by atoms with Crippen molar-refractivity contribution >= 4 is 11.5 Å². The number of anilines is 1. The summed E-state index contributed by atoms with van der Waals surface area (Å²) < 4.78 is 40.6. The average molecular weight is 278 g/mol. The van der Waals surface area contributed by atoms with Gasteiger partial charge in [-0.2, -0.15) is 13.2 Å². The second kappa shape index (κ2) is 4.22. The van der Waals surface area contributed by atoms with E-state index in [0.29, 0.717) is 5.65 Å². The van der Waals surface area contributed by atoms with Crippen molar-refractivity contribution in [2.45, 2.75) is 6.18 Å². The quantitative estimate of drug-likeness (QED) is 0.744. The van der Waals surface area contributed by atoms with E-state index < -0.39 is 11.7 Å². The summed E-state index contributed by atoms with van der Waals surface area (Å²) in [4.78, 5) is 0. The molecule has 0 saturated carbocycles. The number of halogens is 3. The highest BCUT2D eigenvalue weighted by atomic mass is 19.4. The zero-order chi connectivity index (χ0) is 14.3. The zero-order valence-corrected chi connectivity index (χ0v) is 10.1. The lowest BCUT2D eigenvalue weighted by Crippen LogP contribution is -2.08. The van der Waals surface area contributed by atoms with Crippen LogP contribution in [0.5, 0.6) is 0 Å². The van der Waals surface area contributed by atoms with E-state index in [1.165, 1.54) is 22.6 Å². The maximum Gasteiger partial charge on any atom is 0.417 e. The number of nitrogens with zero attached hydrogens (tertiary/aromatic N) is 3. The molecule has 102 valence electrons. The normalized spacial score (nSPS) is 11.9. The van der Waals surface area contributed by atoms with E-state index in [1.54, 1.807) is 18.2 Å². The van der Waals surface area contributed by atoms with Crippen LogP contribution >= 0.6 is 0 Å². The van der Waals surface area contributed by atoms with Crippen LogP contribution < -0.4 is 5.73 Å². The molecule has 1 aromatic carbocycles. The molecule has 0 unspecified atom stereocenters. The average Bonchev–Trinajstić information content (AvgIpc) is 2.83. The molecule has 0 bridgehead atoms. The molecule has 3 rings (SSSR count). The Balaban J connectivity index is 2.33. The van der Waals surface area contributed by atoms with E-state index in [4.69, 9.17) is 5.73 Å². The molecule has 0 aliphatic heterocycles. The van der Waals surface area contributed by atoms with Gasteiger partial charge in [0, 0.05) is 5.56 Å². The predicted molar refractivity (Wildman–Crippen MR) is 67.8 cm³/mol. The summed E-state index contributed by atoms with van der Waals surface area (Å²) in [6, 6.07) is 10.1. The number of hydrogen-bond acceptors (Lipinski definition) is 3. The number of pyridine rings is 1. The van der Waals surface area contributed by atoms with Crippen LogP contribution in [0.4, 0.5) is 19.0 Å². The molecule has 0 fully saturated rings. The molecule has 0 aliphatic carbocycles. The summed E-state index contributed by atoms with van der Waals surface area (Å²) >= 11 is 0. The summed E-state index contributed by atoms with van der Waals surface area (Å²) in [7, 11) is 0. The first-order valence-electron chi connectivity index (χ1n) is 5.75. The minimum Gasteiger partial charge on any atom is -0.385 e. The van der Waals surface area contributed by atoms with Crippen LogP contribution in [0.25, 0.3) is 17.0 Å². The molecule has 0 aliphatic rings. The van der Waals surface area contributed by atoms with E-state index in [0.717, 1.165) is 6.07 Å². The lowest BCUT2D eigenvalue weighted by molar-refractivity contribution is -0.137. The Kier molecular flexibility index (Phi) is 2.63. The van der Waals surface area contributed by atoms with Crippen LogP contribution in [-0.2, 0) is 6.18 Å². The molecule has 0 spiro atoms. The minimum absolute atomic E-state index is 0.0506. The molecule has 0 atom stereocenters. The van der Waals surface area contributed by atoms with Crippen molar-refractivity contribution < 1.29 is 13.2 Å². The molecule has 0 amide bonds. The summed E-state index contributed by atoms with van der Waals surface area (Å²) in [6.45, 7) is 0. The molecule has 20 heavy (non-hydrogen) atoms. The van der Waals surface area contributed by atoms with E-state index >= 15 is 0 Å². The Hall–Kier alpha value is -2.57. The lowest BCUT2D eigenvalue weighted by atomic mass is 10.1. The Labute approximate surface area is 111 Å². The Morgan fingerprint density at radius 3 is 2.45 bits per heavy atom. The summed E-state index contributed by atoms with van der Waals surface area (Å²) in [5.41, 5.74) is 5.38. The highest BCUT2D eigenvalue weighted by molar-refractivity contribution is 5.66. The third-order valence-corrected chi connectivity index (χ3v) is 2.93. The molecule has 2 N–H and O–H groups in total. The summed E-state index contributed by atoms with van der Waals surface area (Å²) in [5, 5.41) is 7.68. The van der Waals surface area contributed by atoms with Crippen LogP contribution in [0, 0.1) is 0 Å². The number of hydrogen-bond donors (Lipinski definition) is 1. The van der Waals surface area contributed by atoms with E-state index in [1.807, 2.05) is 0 Å².